The lowest BCUT2D eigenvalue weighted by atomic mass is 9.95. The summed E-state index contributed by atoms with van der Waals surface area (Å²) >= 11 is 0. The van der Waals surface area contributed by atoms with Crippen LogP contribution in [0.3, 0.4) is 0 Å². The Labute approximate surface area is 209 Å². The lowest BCUT2D eigenvalue weighted by Gasteiger charge is -2.35. The molecule has 0 bridgehead atoms. The van der Waals surface area contributed by atoms with E-state index in [1.807, 2.05) is 55.1 Å². The zero-order valence-corrected chi connectivity index (χ0v) is 20.2. The van der Waals surface area contributed by atoms with Crippen molar-refractivity contribution < 1.29 is 23.5 Å². The number of carbonyl (C=O) groups excluding carboxylic acids is 2. The van der Waals surface area contributed by atoms with Gasteiger partial charge < -0.3 is 29.0 Å². The van der Waals surface area contributed by atoms with Crippen LogP contribution in [0.25, 0.3) is 0 Å². The number of hydrogen-bond acceptors (Lipinski definition) is 6. The van der Waals surface area contributed by atoms with Crippen molar-refractivity contribution in [3.05, 3.63) is 95.1 Å². The summed E-state index contributed by atoms with van der Waals surface area (Å²) in [6.45, 7) is 5.57. The Morgan fingerprint density at radius 1 is 1.06 bits per heavy atom. The van der Waals surface area contributed by atoms with Crippen LogP contribution in [0.15, 0.2) is 82.6 Å². The summed E-state index contributed by atoms with van der Waals surface area (Å²) in [5, 5.41) is 3.49. The molecule has 0 saturated carbocycles. The average Bonchev–Trinajstić information content (AvgIpc) is 3.58. The molecule has 0 saturated heterocycles. The van der Waals surface area contributed by atoms with Crippen LogP contribution >= 0.6 is 0 Å². The van der Waals surface area contributed by atoms with Crippen LogP contribution in [0.5, 0.6) is 11.5 Å². The molecule has 4 heterocycles. The Morgan fingerprint density at radius 3 is 2.64 bits per heavy atom. The fraction of sp³-hybridized carbons (Fsp3) is 0.286. The molecule has 0 fully saturated rings. The largest absolute Gasteiger partial charge is 0.467 e. The monoisotopic (exact) mass is 485 g/mol. The zero-order chi connectivity index (χ0) is 24.9. The standard InChI is InChI=1S/C28H27N3O5/c1-28(2)25-23(27(33)31(28)16-18-7-4-3-5-8-18)24(21-9-6-14-34-21)30(13-12-29-25)26(32)19-10-11-20-22(15-19)36-17-35-20/h3-11,14-15,24,29H,12-13,16-17H2,1-2H3. The molecule has 1 aromatic heterocycles. The first-order valence-corrected chi connectivity index (χ1v) is 12.0. The van der Waals surface area contributed by atoms with E-state index in [1.54, 1.807) is 35.4 Å². The van der Waals surface area contributed by atoms with Crippen molar-refractivity contribution in [1.29, 1.82) is 0 Å². The molecular weight excluding hydrogens is 458 g/mol. The number of ether oxygens (including phenoxy) is 2. The Morgan fingerprint density at radius 2 is 1.86 bits per heavy atom. The van der Waals surface area contributed by atoms with Crippen LogP contribution < -0.4 is 14.8 Å². The zero-order valence-electron chi connectivity index (χ0n) is 20.2. The van der Waals surface area contributed by atoms with Crippen LogP contribution in [0, 0.1) is 0 Å². The highest BCUT2D eigenvalue weighted by atomic mass is 16.7. The van der Waals surface area contributed by atoms with E-state index in [-0.39, 0.29) is 18.6 Å². The number of nitrogens with zero attached hydrogens (tertiary/aromatic N) is 2. The van der Waals surface area contributed by atoms with Gasteiger partial charge in [-0.25, -0.2) is 0 Å². The van der Waals surface area contributed by atoms with Crippen molar-refractivity contribution in [3.8, 4) is 11.5 Å². The molecule has 3 aliphatic heterocycles. The molecule has 36 heavy (non-hydrogen) atoms. The Balaban J connectivity index is 1.41. The number of rotatable bonds is 4. The van der Waals surface area contributed by atoms with Crippen LogP contribution in [-0.4, -0.2) is 47.0 Å². The quantitative estimate of drug-likeness (QED) is 0.604. The van der Waals surface area contributed by atoms with Crippen molar-refractivity contribution in [1.82, 2.24) is 15.1 Å². The summed E-state index contributed by atoms with van der Waals surface area (Å²) in [5.41, 5.74) is 2.28. The lowest BCUT2D eigenvalue weighted by Crippen LogP contribution is -2.47. The van der Waals surface area contributed by atoms with E-state index in [2.05, 4.69) is 5.32 Å². The summed E-state index contributed by atoms with van der Waals surface area (Å²) in [6, 6.07) is 18.0. The molecule has 8 heteroatoms. The maximum atomic E-state index is 14.1. The molecule has 2 amide bonds. The van der Waals surface area contributed by atoms with E-state index in [0.717, 1.165) is 11.3 Å². The molecule has 3 aliphatic rings. The fourth-order valence-electron chi connectivity index (χ4n) is 5.31. The molecule has 8 nitrogen and oxygen atoms in total. The van der Waals surface area contributed by atoms with Gasteiger partial charge in [-0.3, -0.25) is 9.59 Å². The Kier molecular flexibility index (Phi) is 5.25. The van der Waals surface area contributed by atoms with Crippen molar-refractivity contribution in [3.63, 3.8) is 0 Å². The van der Waals surface area contributed by atoms with Crippen molar-refractivity contribution in [2.75, 3.05) is 19.9 Å². The van der Waals surface area contributed by atoms with E-state index in [1.165, 1.54) is 0 Å². The second-order valence-electron chi connectivity index (χ2n) is 9.64. The highest BCUT2D eigenvalue weighted by Crippen LogP contribution is 2.44. The second kappa shape index (κ2) is 8.48. The van der Waals surface area contributed by atoms with Crippen LogP contribution in [0.4, 0.5) is 0 Å². The third-order valence-corrected chi connectivity index (χ3v) is 7.15. The molecule has 1 N–H and O–H groups in total. The minimum absolute atomic E-state index is 0.113. The summed E-state index contributed by atoms with van der Waals surface area (Å²) < 4.78 is 16.7. The SMILES string of the molecule is CC1(C)C2=C(C(=O)N1Cc1ccccc1)C(c1ccco1)N(C(=O)c1ccc3c(c1)OCO3)CCN2. The van der Waals surface area contributed by atoms with Crippen LogP contribution in [-0.2, 0) is 11.3 Å². The number of furan rings is 1. The van der Waals surface area contributed by atoms with E-state index in [4.69, 9.17) is 13.9 Å². The summed E-state index contributed by atoms with van der Waals surface area (Å²) in [4.78, 5) is 31.6. The van der Waals surface area contributed by atoms with Crippen molar-refractivity contribution in [2.45, 2.75) is 32.0 Å². The third kappa shape index (κ3) is 3.52. The van der Waals surface area contributed by atoms with Crippen molar-refractivity contribution >= 4 is 11.8 Å². The first kappa shape index (κ1) is 22.3. The van der Waals surface area contributed by atoms with Crippen molar-refractivity contribution in [2.24, 2.45) is 0 Å². The predicted octanol–water partition coefficient (Wildman–Crippen LogP) is 3.87. The normalized spacial score (nSPS) is 20.3. The number of benzene rings is 2. The van der Waals surface area contributed by atoms with Gasteiger partial charge in [-0.05, 0) is 49.7 Å². The summed E-state index contributed by atoms with van der Waals surface area (Å²) in [6.07, 6.45) is 1.57. The van der Waals surface area contributed by atoms with Gasteiger partial charge in [0.05, 0.1) is 17.4 Å². The van der Waals surface area contributed by atoms with E-state index >= 15 is 0 Å². The van der Waals surface area contributed by atoms with Crippen LogP contribution in [0.1, 0.15) is 41.6 Å². The van der Waals surface area contributed by atoms with E-state index in [0.29, 0.717) is 48.0 Å². The number of hydrogen-bond donors (Lipinski definition) is 1. The third-order valence-electron chi connectivity index (χ3n) is 7.15. The highest BCUT2D eigenvalue weighted by molar-refractivity contribution is 6.02. The van der Waals surface area contributed by atoms with Gasteiger partial charge in [0.15, 0.2) is 11.5 Å². The Bertz CT molecular complexity index is 1350. The molecule has 0 aliphatic carbocycles. The van der Waals surface area contributed by atoms with Gasteiger partial charge in [0.25, 0.3) is 11.8 Å². The van der Waals surface area contributed by atoms with Gasteiger partial charge in [0, 0.05) is 30.9 Å². The average molecular weight is 486 g/mol. The molecule has 184 valence electrons. The first-order valence-electron chi connectivity index (χ1n) is 12.0. The maximum Gasteiger partial charge on any atom is 0.255 e. The smallest absolute Gasteiger partial charge is 0.255 e. The van der Waals surface area contributed by atoms with Gasteiger partial charge in [-0.2, -0.15) is 0 Å². The number of fused-ring (bicyclic) bond motifs is 1. The van der Waals surface area contributed by atoms with Gasteiger partial charge in [-0.1, -0.05) is 30.3 Å². The lowest BCUT2D eigenvalue weighted by molar-refractivity contribution is -0.130. The molecule has 6 rings (SSSR count). The van der Waals surface area contributed by atoms with Gasteiger partial charge in [-0.15, -0.1) is 0 Å². The highest BCUT2D eigenvalue weighted by Gasteiger charge is 2.51. The van der Waals surface area contributed by atoms with E-state index in [9.17, 15) is 9.59 Å². The molecule has 1 unspecified atom stereocenters. The van der Waals surface area contributed by atoms with Gasteiger partial charge in [0.2, 0.25) is 6.79 Å². The molecule has 0 spiro atoms. The topological polar surface area (TPSA) is 84.3 Å². The molecule has 0 radical (unpaired) electrons. The maximum absolute atomic E-state index is 14.1. The van der Waals surface area contributed by atoms with Gasteiger partial charge >= 0.3 is 0 Å². The number of nitrogens with one attached hydrogen (secondary N) is 1. The number of amides is 2. The minimum atomic E-state index is -0.671. The first-order chi connectivity index (χ1) is 17.4. The predicted molar refractivity (Wildman–Crippen MR) is 131 cm³/mol. The Hall–Kier alpha value is -4.20. The molecule has 1 atom stereocenters. The van der Waals surface area contributed by atoms with Crippen LogP contribution in [0.2, 0.25) is 0 Å². The number of carbonyl (C=O) groups is 2. The minimum Gasteiger partial charge on any atom is -0.467 e. The molecular formula is C28H27N3O5. The summed E-state index contributed by atoms with van der Waals surface area (Å²) in [5.74, 6) is 1.37. The second-order valence-corrected chi connectivity index (χ2v) is 9.64. The van der Waals surface area contributed by atoms with Gasteiger partial charge in [0.1, 0.15) is 11.8 Å². The molecule has 2 aromatic carbocycles. The summed E-state index contributed by atoms with van der Waals surface area (Å²) in [7, 11) is 0. The van der Waals surface area contributed by atoms with E-state index < -0.39 is 11.6 Å². The molecule has 3 aromatic rings. The fourth-order valence-corrected chi connectivity index (χ4v) is 5.31.